The first-order valence-electron chi connectivity index (χ1n) is 6.07. The van der Waals surface area contributed by atoms with Crippen molar-refractivity contribution in [3.63, 3.8) is 0 Å². The normalized spacial score (nSPS) is 10.8. The number of hydrogen-bond acceptors (Lipinski definition) is 7. The van der Waals surface area contributed by atoms with E-state index in [9.17, 15) is 9.59 Å². The summed E-state index contributed by atoms with van der Waals surface area (Å²) in [5.74, 6) is -0.749. The van der Waals surface area contributed by atoms with E-state index in [0.29, 0.717) is 0 Å². The predicted molar refractivity (Wildman–Crippen MR) is 65.2 cm³/mol. The van der Waals surface area contributed by atoms with E-state index < -0.39 is 6.48 Å². The van der Waals surface area contributed by atoms with Gasteiger partial charge in [0.25, 0.3) is 6.48 Å². The van der Waals surface area contributed by atoms with Crippen LogP contribution in [0.1, 0.15) is 27.7 Å². The molecule has 0 spiro atoms. The van der Waals surface area contributed by atoms with Crippen molar-refractivity contribution in [2.45, 2.75) is 40.3 Å². The second kappa shape index (κ2) is 10.7. The van der Waals surface area contributed by atoms with Gasteiger partial charge < -0.3 is 23.7 Å². The summed E-state index contributed by atoms with van der Waals surface area (Å²) < 4.78 is 25.3. The van der Waals surface area contributed by atoms with Gasteiger partial charge >= 0.3 is 11.9 Å². The molecule has 0 N–H and O–H groups in total. The fourth-order valence-corrected chi connectivity index (χ4v) is 1.01. The van der Waals surface area contributed by atoms with Crippen LogP contribution in [-0.4, -0.2) is 50.9 Å². The number of ether oxygens (including phenoxy) is 5. The molecule has 0 amide bonds. The van der Waals surface area contributed by atoms with E-state index in [-0.39, 0.29) is 44.5 Å². The minimum Gasteiger partial charge on any atom is -0.463 e. The summed E-state index contributed by atoms with van der Waals surface area (Å²) in [6.07, 6.45) is -0.0903. The van der Waals surface area contributed by atoms with Crippen LogP contribution in [0.25, 0.3) is 0 Å². The minimum absolute atomic E-state index is 0.0903. The zero-order valence-electron chi connectivity index (χ0n) is 11.8. The first kappa shape index (κ1) is 17.8. The van der Waals surface area contributed by atoms with Crippen LogP contribution in [0.15, 0.2) is 0 Å². The van der Waals surface area contributed by atoms with E-state index in [0.717, 1.165) is 0 Å². The van der Waals surface area contributed by atoms with Gasteiger partial charge in [-0.2, -0.15) is 0 Å². The number of esters is 2. The van der Waals surface area contributed by atoms with E-state index in [1.807, 2.05) is 13.8 Å². The maximum atomic E-state index is 10.6. The molecular weight excluding hydrogens is 256 g/mol. The van der Waals surface area contributed by atoms with E-state index in [1.165, 1.54) is 13.8 Å². The highest BCUT2D eigenvalue weighted by molar-refractivity contribution is 5.66. The first-order chi connectivity index (χ1) is 8.91. The fraction of sp³-hybridized carbons (Fsp3) is 0.833. The summed E-state index contributed by atoms with van der Waals surface area (Å²) in [5, 5.41) is 0. The molecule has 0 aromatic heterocycles. The molecule has 0 saturated heterocycles. The van der Waals surface area contributed by atoms with Crippen molar-refractivity contribution in [3.8, 4) is 0 Å². The molecule has 0 aromatic carbocycles. The van der Waals surface area contributed by atoms with Crippen LogP contribution in [0.4, 0.5) is 0 Å². The van der Waals surface area contributed by atoms with Crippen molar-refractivity contribution in [3.05, 3.63) is 0 Å². The Morgan fingerprint density at radius 3 is 1.58 bits per heavy atom. The van der Waals surface area contributed by atoms with Crippen molar-refractivity contribution in [2.75, 3.05) is 26.4 Å². The Balaban J connectivity index is 3.81. The molecule has 19 heavy (non-hydrogen) atoms. The zero-order valence-corrected chi connectivity index (χ0v) is 11.8. The summed E-state index contributed by atoms with van der Waals surface area (Å²) in [6, 6.07) is 0. The van der Waals surface area contributed by atoms with Crippen molar-refractivity contribution in [2.24, 2.45) is 0 Å². The van der Waals surface area contributed by atoms with Crippen molar-refractivity contribution < 1.29 is 33.3 Å². The van der Waals surface area contributed by atoms with E-state index in [1.54, 1.807) is 0 Å². The fourth-order valence-electron chi connectivity index (χ4n) is 1.01. The average molecular weight is 278 g/mol. The molecule has 0 fully saturated rings. The highest BCUT2D eigenvalue weighted by Crippen LogP contribution is 2.02. The van der Waals surface area contributed by atoms with Gasteiger partial charge in [-0.25, -0.2) is 0 Å². The lowest BCUT2D eigenvalue weighted by Gasteiger charge is -2.20. The zero-order chi connectivity index (χ0) is 14.7. The number of rotatable bonds is 10. The van der Waals surface area contributed by atoms with Gasteiger partial charge in [0.05, 0.1) is 19.3 Å². The smallest absolute Gasteiger partial charge is 0.302 e. The molecule has 0 rings (SSSR count). The lowest BCUT2D eigenvalue weighted by molar-refractivity contribution is -0.303. The van der Waals surface area contributed by atoms with Gasteiger partial charge in [0.1, 0.15) is 13.2 Å². The third-order valence-corrected chi connectivity index (χ3v) is 1.67. The number of carbonyl (C=O) groups excluding carboxylic acids is 2. The number of hydrogen-bond donors (Lipinski definition) is 0. The molecule has 0 atom stereocenters. The van der Waals surface area contributed by atoms with E-state index >= 15 is 0 Å². The average Bonchev–Trinajstić information content (AvgIpc) is 2.28. The van der Waals surface area contributed by atoms with Gasteiger partial charge in [-0.1, -0.05) is 0 Å². The van der Waals surface area contributed by atoms with Gasteiger partial charge in [-0.05, 0) is 13.8 Å². The molecule has 0 saturated carbocycles. The Labute approximate surface area is 113 Å². The summed E-state index contributed by atoms with van der Waals surface area (Å²) in [7, 11) is 0. The summed E-state index contributed by atoms with van der Waals surface area (Å²) in [6.45, 7) is 5.98. The van der Waals surface area contributed by atoms with Gasteiger partial charge in [-0.3, -0.25) is 9.59 Å². The maximum Gasteiger partial charge on any atom is 0.302 e. The van der Waals surface area contributed by atoms with Crippen LogP contribution in [0, 0.1) is 0 Å². The van der Waals surface area contributed by atoms with Crippen LogP contribution in [0.5, 0.6) is 0 Å². The quantitative estimate of drug-likeness (QED) is 0.333. The standard InChI is InChI=1S/C12H22O7/c1-9(2)19-12(17-7-5-15-10(3)13)18-8-6-16-11(4)14/h9,12H,5-8H2,1-4H3. The molecule has 0 aliphatic carbocycles. The molecule has 0 aliphatic heterocycles. The van der Waals surface area contributed by atoms with Crippen LogP contribution in [0.2, 0.25) is 0 Å². The lowest BCUT2D eigenvalue weighted by Crippen LogP contribution is -2.28. The molecule has 112 valence electrons. The third-order valence-electron chi connectivity index (χ3n) is 1.67. The Kier molecular flexibility index (Phi) is 10.1. The molecule has 0 aliphatic rings. The monoisotopic (exact) mass is 278 g/mol. The second-order valence-electron chi connectivity index (χ2n) is 3.90. The molecule has 7 nitrogen and oxygen atoms in total. The molecule has 7 heteroatoms. The summed E-state index contributed by atoms with van der Waals surface area (Å²) in [5.41, 5.74) is 0. The SMILES string of the molecule is CC(=O)OCCOC(OCCOC(C)=O)OC(C)C. The van der Waals surface area contributed by atoms with Crippen molar-refractivity contribution >= 4 is 11.9 Å². The molecule has 0 unspecified atom stereocenters. The third kappa shape index (κ3) is 13.1. The minimum atomic E-state index is -0.883. The largest absolute Gasteiger partial charge is 0.463 e. The highest BCUT2D eigenvalue weighted by Gasteiger charge is 2.12. The molecule has 0 bridgehead atoms. The maximum absolute atomic E-state index is 10.6. The Morgan fingerprint density at radius 2 is 1.26 bits per heavy atom. The topological polar surface area (TPSA) is 80.3 Å². The van der Waals surface area contributed by atoms with Crippen molar-refractivity contribution in [1.82, 2.24) is 0 Å². The summed E-state index contributed by atoms with van der Waals surface area (Å²) >= 11 is 0. The van der Waals surface area contributed by atoms with Crippen LogP contribution in [-0.2, 0) is 33.3 Å². The van der Waals surface area contributed by atoms with E-state index in [2.05, 4.69) is 0 Å². The lowest BCUT2D eigenvalue weighted by atomic mass is 10.5. The first-order valence-corrected chi connectivity index (χ1v) is 6.07. The van der Waals surface area contributed by atoms with Crippen LogP contribution >= 0.6 is 0 Å². The molecule has 0 heterocycles. The molecular formula is C12H22O7. The highest BCUT2D eigenvalue weighted by atomic mass is 16.8. The van der Waals surface area contributed by atoms with Gasteiger partial charge in [0.15, 0.2) is 0 Å². The Hall–Kier alpha value is -1.18. The van der Waals surface area contributed by atoms with Gasteiger partial charge in [-0.15, -0.1) is 0 Å². The van der Waals surface area contributed by atoms with Crippen molar-refractivity contribution in [1.29, 1.82) is 0 Å². The Morgan fingerprint density at radius 1 is 0.842 bits per heavy atom. The van der Waals surface area contributed by atoms with Crippen LogP contribution in [0.3, 0.4) is 0 Å². The van der Waals surface area contributed by atoms with Gasteiger partial charge in [0, 0.05) is 13.8 Å². The molecule has 0 radical (unpaired) electrons. The molecule has 0 aromatic rings. The second-order valence-corrected chi connectivity index (χ2v) is 3.90. The predicted octanol–water partition coefficient (Wildman–Crippen LogP) is 0.854. The van der Waals surface area contributed by atoms with E-state index in [4.69, 9.17) is 23.7 Å². The number of carbonyl (C=O) groups is 2. The van der Waals surface area contributed by atoms with Crippen LogP contribution < -0.4 is 0 Å². The summed E-state index contributed by atoms with van der Waals surface area (Å²) in [4.78, 5) is 21.1. The van der Waals surface area contributed by atoms with Gasteiger partial charge in [0.2, 0.25) is 0 Å². The Bertz CT molecular complexity index is 243.